The van der Waals surface area contributed by atoms with Gasteiger partial charge in [0.2, 0.25) is 0 Å². The van der Waals surface area contributed by atoms with E-state index < -0.39 is 18.0 Å². The quantitative estimate of drug-likeness (QED) is 0.468. The zero-order valence-electron chi connectivity index (χ0n) is 19.5. The number of nitrogens with one attached hydrogen (secondary N) is 2. The number of ether oxygens (including phenoxy) is 3. The van der Waals surface area contributed by atoms with Crippen LogP contribution in [-0.4, -0.2) is 37.1 Å². The number of hydrogen-bond acceptors (Lipinski definition) is 6. The van der Waals surface area contributed by atoms with Crippen LogP contribution < -0.4 is 20.1 Å². The first kappa shape index (κ1) is 23.8. The average Bonchev–Trinajstić information content (AvgIpc) is 2.87. The highest BCUT2D eigenvalue weighted by molar-refractivity contribution is 6.06. The highest BCUT2D eigenvalue weighted by atomic mass is 16.5. The van der Waals surface area contributed by atoms with E-state index in [2.05, 4.69) is 10.6 Å². The Balaban J connectivity index is 1.59. The smallest absolute Gasteiger partial charge is 0.339 e. The Hall–Kier alpha value is -4.33. The van der Waals surface area contributed by atoms with Crippen LogP contribution in [0.15, 0.2) is 66.7 Å². The van der Waals surface area contributed by atoms with Crippen molar-refractivity contribution < 1.29 is 28.6 Å². The summed E-state index contributed by atoms with van der Waals surface area (Å²) in [7, 11) is 0. The van der Waals surface area contributed by atoms with Gasteiger partial charge in [0.05, 0.1) is 30.2 Å². The van der Waals surface area contributed by atoms with E-state index in [9.17, 15) is 14.4 Å². The molecule has 2 amide bonds. The summed E-state index contributed by atoms with van der Waals surface area (Å²) in [4.78, 5) is 38.1. The number of carbonyl (C=O) groups is 3. The van der Waals surface area contributed by atoms with Crippen LogP contribution in [-0.2, 0) is 16.0 Å². The molecule has 2 N–H and O–H groups in total. The molecule has 35 heavy (non-hydrogen) atoms. The van der Waals surface area contributed by atoms with E-state index in [4.69, 9.17) is 14.2 Å². The van der Waals surface area contributed by atoms with Crippen molar-refractivity contribution in [2.75, 3.05) is 23.8 Å². The molecule has 0 fully saturated rings. The van der Waals surface area contributed by atoms with Crippen molar-refractivity contribution in [2.24, 2.45) is 0 Å². The molecule has 1 heterocycles. The fraction of sp³-hybridized carbons (Fsp3) is 0.222. The lowest BCUT2D eigenvalue weighted by atomic mass is 9.98. The molecular formula is C27H26N2O6. The van der Waals surface area contributed by atoms with E-state index in [1.807, 2.05) is 26.0 Å². The molecule has 8 heteroatoms. The lowest BCUT2D eigenvalue weighted by Gasteiger charge is -2.24. The third-order valence-corrected chi connectivity index (χ3v) is 5.41. The molecule has 3 aromatic carbocycles. The normalized spacial score (nSPS) is 14.3. The second-order valence-electron chi connectivity index (χ2n) is 7.78. The number of esters is 1. The molecule has 3 aromatic rings. The van der Waals surface area contributed by atoms with Gasteiger partial charge in [-0.1, -0.05) is 36.4 Å². The summed E-state index contributed by atoms with van der Waals surface area (Å²) in [5.41, 5.74) is 2.45. The van der Waals surface area contributed by atoms with Gasteiger partial charge in [-0.3, -0.25) is 9.59 Å². The summed E-state index contributed by atoms with van der Waals surface area (Å²) in [6.45, 7) is 4.29. The zero-order chi connectivity index (χ0) is 24.8. The van der Waals surface area contributed by atoms with E-state index in [0.717, 1.165) is 5.56 Å². The van der Waals surface area contributed by atoms with Crippen LogP contribution in [0.4, 0.5) is 11.4 Å². The van der Waals surface area contributed by atoms with Crippen molar-refractivity contribution in [1.82, 2.24) is 0 Å². The Labute approximate surface area is 203 Å². The van der Waals surface area contributed by atoms with Crippen LogP contribution in [0, 0.1) is 0 Å². The highest BCUT2D eigenvalue weighted by Gasteiger charge is 2.31. The van der Waals surface area contributed by atoms with Crippen molar-refractivity contribution in [1.29, 1.82) is 0 Å². The molecule has 1 atom stereocenters. The first-order valence-corrected chi connectivity index (χ1v) is 11.4. The first-order valence-electron chi connectivity index (χ1n) is 11.4. The highest BCUT2D eigenvalue weighted by Crippen LogP contribution is 2.37. The van der Waals surface area contributed by atoms with Crippen molar-refractivity contribution in [2.45, 2.75) is 26.4 Å². The van der Waals surface area contributed by atoms with Gasteiger partial charge in [0.1, 0.15) is 11.5 Å². The van der Waals surface area contributed by atoms with Crippen LogP contribution >= 0.6 is 0 Å². The minimum Gasteiger partial charge on any atom is -0.492 e. The van der Waals surface area contributed by atoms with E-state index in [1.54, 1.807) is 54.6 Å². The summed E-state index contributed by atoms with van der Waals surface area (Å²) >= 11 is 0. The molecule has 0 radical (unpaired) electrons. The van der Waals surface area contributed by atoms with Gasteiger partial charge in [-0.2, -0.15) is 0 Å². The molecule has 180 valence electrons. The Kier molecular flexibility index (Phi) is 7.30. The van der Waals surface area contributed by atoms with Gasteiger partial charge in [0, 0.05) is 24.1 Å². The SMILES string of the molecule is CCOc1cc(NC(=O)C2Cc3ccccc3C(=O)O2)c(OCC)cc1NC(=O)c1ccccc1. The molecule has 0 aromatic heterocycles. The lowest BCUT2D eigenvalue weighted by molar-refractivity contribution is -0.125. The molecule has 0 saturated heterocycles. The maximum Gasteiger partial charge on any atom is 0.339 e. The van der Waals surface area contributed by atoms with E-state index in [1.165, 1.54) is 0 Å². The van der Waals surface area contributed by atoms with Crippen LogP contribution in [0.1, 0.15) is 40.1 Å². The number of amides is 2. The Morgan fingerprint density at radius 2 is 1.49 bits per heavy atom. The molecule has 0 bridgehead atoms. The second kappa shape index (κ2) is 10.7. The molecule has 8 nitrogen and oxygen atoms in total. The summed E-state index contributed by atoms with van der Waals surface area (Å²) < 4.78 is 16.8. The molecule has 0 saturated carbocycles. The van der Waals surface area contributed by atoms with Crippen molar-refractivity contribution >= 4 is 29.2 Å². The largest absolute Gasteiger partial charge is 0.492 e. The summed E-state index contributed by atoms with van der Waals surface area (Å²) in [6, 6.07) is 19.0. The summed E-state index contributed by atoms with van der Waals surface area (Å²) in [6.07, 6.45) is -0.721. The van der Waals surface area contributed by atoms with Gasteiger partial charge in [0.15, 0.2) is 6.10 Å². The monoisotopic (exact) mass is 474 g/mol. The van der Waals surface area contributed by atoms with Gasteiger partial charge in [0.25, 0.3) is 11.8 Å². The standard InChI is InChI=1S/C27H26N2O6/c1-3-33-22-16-21(29-26(31)24-14-18-12-8-9-13-19(18)27(32)35-24)23(34-4-2)15-20(22)28-25(30)17-10-6-5-7-11-17/h5-13,15-16,24H,3-4,14H2,1-2H3,(H,28,30)(H,29,31). The topological polar surface area (TPSA) is 103 Å². The fourth-order valence-corrected chi connectivity index (χ4v) is 3.78. The summed E-state index contributed by atoms with van der Waals surface area (Å²) in [5, 5.41) is 5.64. The van der Waals surface area contributed by atoms with Gasteiger partial charge in [-0.05, 0) is 37.6 Å². The number of anilines is 2. The van der Waals surface area contributed by atoms with Crippen LogP contribution in [0.25, 0.3) is 0 Å². The molecule has 1 aliphatic rings. The molecule has 0 spiro atoms. The fourth-order valence-electron chi connectivity index (χ4n) is 3.78. The van der Waals surface area contributed by atoms with Crippen molar-refractivity contribution in [3.63, 3.8) is 0 Å². The van der Waals surface area contributed by atoms with Gasteiger partial charge in [-0.25, -0.2) is 4.79 Å². The molecule has 4 rings (SSSR count). The van der Waals surface area contributed by atoms with Crippen LogP contribution in [0.3, 0.4) is 0 Å². The second-order valence-corrected chi connectivity index (χ2v) is 7.78. The predicted octanol–water partition coefficient (Wildman–Crippen LogP) is 4.46. The molecule has 1 unspecified atom stereocenters. The van der Waals surface area contributed by atoms with Crippen LogP contribution in [0.5, 0.6) is 11.5 Å². The Morgan fingerprint density at radius 3 is 2.14 bits per heavy atom. The average molecular weight is 475 g/mol. The third kappa shape index (κ3) is 5.43. The number of rotatable bonds is 8. The Bertz CT molecular complexity index is 1240. The van der Waals surface area contributed by atoms with Gasteiger partial charge >= 0.3 is 5.97 Å². The van der Waals surface area contributed by atoms with Gasteiger partial charge < -0.3 is 24.8 Å². The van der Waals surface area contributed by atoms with Gasteiger partial charge in [-0.15, -0.1) is 0 Å². The maximum absolute atomic E-state index is 13.0. The number of cyclic esters (lactones) is 1. The number of benzene rings is 3. The maximum atomic E-state index is 13.0. The van der Waals surface area contributed by atoms with Crippen molar-refractivity contribution in [3.8, 4) is 11.5 Å². The predicted molar refractivity (Wildman–Crippen MR) is 131 cm³/mol. The molecular weight excluding hydrogens is 448 g/mol. The van der Waals surface area contributed by atoms with E-state index in [0.29, 0.717) is 47.2 Å². The van der Waals surface area contributed by atoms with E-state index >= 15 is 0 Å². The minimum absolute atomic E-state index is 0.265. The molecule has 1 aliphatic heterocycles. The Morgan fingerprint density at radius 1 is 0.886 bits per heavy atom. The van der Waals surface area contributed by atoms with E-state index in [-0.39, 0.29) is 12.3 Å². The third-order valence-electron chi connectivity index (χ3n) is 5.41. The first-order chi connectivity index (χ1) is 17.0. The number of carbonyl (C=O) groups excluding carboxylic acids is 3. The zero-order valence-corrected chi connectivity index (χ0v) is 19.5. The van der Waals surface area contributed by atoms with Crippen LogP contribution in [0.2, 0.25) is 0 Å². The summed E-state index contributed by atoms with van der Waals surface area (Å²) in [5.74, 6) is -0.626. The number of hydrogen-bond donors (Lipinski definition) is 2. The minimum atomic E-state index is -0.986. The van der Waals surface area contributed by atoms with Crippen molar-refractivity contribution in [3.05, 3.63) is 83.4 Å². The number of fused-ring (bicyclic) bond motifs is 1. The molecule has 0 aliphatic carbocycles. The lowest BCUT2D eigenvalue weighted by Crippen LogP contribution is -2.38.